The number of carbonyl (C=O) groups excluding carboxylic acids is 3. The van der Waals surface area contributed by atoms with Gasteiger partial charge >= 0.3 is 11.8 Å². The fraction of sp³-hybridized carbons (Fsp3) is 0.182. The lowest BCUT2D eigenvalue weighted by Gasteiger charge is -2.13. The average Bonchev–Trinajstić information content (AvgIpc) is 2.78. The van der Waals surface area contributed by atoms with Crippen LogP contribution in [0.2, 0.25) is 10.0 Å². The van der Waals surface area contributed by atoms with Gasteiger partial charge in [0.2, 0.25) is 0 Å². The van der Waals surface area contributed by atoms with Crippen LogP contribution in [-0.2, 0) is 14.4 Å². The second-order valence-corrected chi connectivity index (χ2v) is 7.35. The molecule has 0 aromatic heterocycles. The Morgan fingerprint density at radius 3 is 2.55 bits per heavy atom. The minimum absolute atomic E-state index is 0.150. The van der Waals surface area contributed by atoms with Crippen LogP contribution >= 0.6 is 23.2 Å². The van der Waals surface area contributed by atoms with Crippen molar-refractivity contribution in [2.75, 3.05) is 25.6 Å². The van der Waals surface area contributed by atoms with Crippen molar-refractivity contribution >= 4 is 52.8 Å². The van der Waals surface area contributed by atoms with E-state index in [9.17, 15) is 14.4 Å². The molecule has 2 aromatic carbocycles. The maximum absolute atomic E-state index is 12.2. The number of anilines is 1. The summed E-state index contributed by atoms with van der Waals surface area (Å²) < 4.78 is 10.8. The number of ether oxygens (including phenoxy) is 2. The molecule has 0 heterocycles. The number of nitrogens with zero attached hydrogens (tertiary/aromatic N) is 1. The molecule has 11 heteroatoms. The van der Waals surface area contributed by atoms with Crippen LogP contribution in [0.5, 0.6) is 11.5 Å². The van der Waals surface area contributed by atoms with Crippen molar-refractivity contribution in [3.63, 3.8) is 0 Å². The van der Waals surface area contributed by atoms with Crippen LogP contribution in [-0.4, -0.2) is 44.2 Å². The number of rotatable bonds is 9. The minimum Gasteiger partial charge on any atom is -0.493 e. The van der Waals surface area contributed by atoms with Gasteiger partial charge in [0.25, 0.3) is 5.91 Å². The number of hydrazone groups is 1. The zero-order chi connectivity index (χ0) is 24.4. The Labute approximate surface area is 200 Å². The molecule has 0 saturated heterocycles. The molecule has 9 nitrogen and oxygen atoms in total. The monoisotopic (exact) mass is 492 g/mol. The van der Waals surface area contributed by atoms with E-state index in [4.69, 9.17) is 32.7 Å². The topological polar surface area (TPSA) is 118 Å². The Balaban J connectivity index is 2.00. The molecule has 174 valence electrons. The highest BCUT2D eigenvalue weighted by atomic mass is 35.5. The summed E-state index contributed by atoms with van der Waals surface area (Å²) in [5.41, 5.74) is 3.96. The van der Waals surface area contributed by atoms with Crippen molar-refractivity contribution in [3.05, 3.63) is 64.2 Å². The van der Waals surface area contributed by atoms with Gasteiger partial charge in [0.15, 0.2) is 18.1 Å². The summed E-state index contributed by atoms with van der Waals surface area (Å²) in [5.74, 6) is -1.81. The second-order valence-electron chi connectivity index (χ2n) is 6.53. The lowest BCUT2D eigenvalue weighted by atomic mass is 10.2. The second kappa shape index (κ2) is 12.5. The number of carbonyl (C=O) groups is 3. The Morgan fingerprint density at radius 1 is 1.12 bits per heavy atom. The molecule has 0 aliphatic carbocycles. The summed E-state index contributed by atoms with van der Waals surface area (Å²) in [4.78, 5) is 35.3. The summed E-state index contributed by atoms with van der Waals surface area (Å²) in [6, 6.07) is 8.17. The maximum atomic E-state index is 12.2. The minimum atomic E-state index is -0.938. The van der Waals surface area contributed by atoms with E-state index in [0.717, 1.165) is 5.56 Å². The van der Waals surface area contributed by atoms with E-state index in [1.807, 2.05) is 6.92 Å². The highest BCUT2D eigenvalue weighted by molar-refractivity contribution is 6.35. The van der Waals surface area contributed by atoms with Crippen molar-refractivity contribution in [2.45, 2.75) is 6.92 Å². The van der Waals surface area contributed by atoms with Crippen molar-refractivity contribution in [1.29, 1.82) is 0 Å². The van der Waals surface area contributed by atoms with Crippen LogP contribution < -0.4 is 25.5 Å². The molecule has 0 atom stereocenters. The van der Waals surface area contributed by atoms with Crippen molar-refractivity contribution in [2.24, 2.45) is 5.10 Å². The first-order valence-electron chi connectivity index (χ1n) is 9.53. The van der Waals surface area contributed by atoms with E-state index >= 15 is 0 Å². The lowest BCUT2D eigenvalue weighted by Crippen LogP contribution is -2.37. The zero-order valence-corrected chi connectivity index (χ0v) is 19.4. The van der Waals surface area contributed by atoms with Gasteiger partial charge in [-0.2, -0.15) is 5.10 Å². The fourth-order valence-electron chi connectivity index (χ4n) is 2.42. The van der Waals surface area contributed by atoms with Gasteiger partial charge < -0.3 is 20.1 Å². The van der Waals surface area contributed by atoms with Gasteiger partial charge in [-0.05, 0) is 42.3 Å². The third-order valence-corrected chi connectivity index (χ3v) is 4.74. The van der Waals surface area contributed by atoms with Gasteiger partial charge in [0, 0.05) is 17.3 Å². The Morgan fingerprint density at radius 2 is 1.88 bits per heavy atom. The Bertz CT molecular complexity index is 1090. The predicted molar refractivity (Wildman–Crippen MR) is 127 cm³/mol. The van der Waals surface area contributed by atoms with Crippen molar-refractivity contribution in [1.82, 2.24) is 10.7 Å². The third kappa shape index (κ3) is 7.81. The molecule has 2 rings (SSSR count). The third-order valence-electron chi connectivity index (χ3n) is 4.05. The Kier molecular flexibility index (Phi) is 9.71. The molecule has 3 N–H and O–H groups in total. The van der Waals surface area contributed by atoms with Gasteiger partial charge in [0.1, 0.15) is 0 Å². The first kappa shape index (κ1) is 25.7. The SMILES string of the molecule is C=CCNC(=O)C(=O)N/N=C\c1cc(Cl)c(OCC(=O)Nc2ccc(C)c(Cl)c2)c(OC)c1. The molecule has 0 bridgehead atoms. The molecule has 0 radical (unpaired) electrons. The molecular weight excluding hydrogens is 471 g/mol. The fourth-order valence-corrected chi connectivity index (χ4v) is 2.88. The molecule has 0 spiro atoms. The number of halogens is 2. The predicted octanol–water partition coefficient (Wildman–Crippen LogP) is 3.08. The van der Waals surface area contributed by atoms with Crippen LogP contribution in [0.1, 0.15) is 11.1 Å². The van der Waals surface area contributed by atoms with E-state index in [1.54, 1.807) is 18.2 Å². The highest BCUT2D eigenvalue weighted by Gasteiger charge is 2.15. The van der Waals surface area contributed by atoms with Gasteiger partial charge in [0.05, 0.1) is 18.3 Å². The number of aryl methyl sites for hydroxylation is 1. The molecular formula is C22H22Cl2N4O5. The molecule has 0 aliphatic rings. The highest BCUT2D eigenvalue weighted by Crippen LogP contribution is 2.36. The van der Waals surface area contributed by atoms with Gasteiger partial charge in [-0.15, -0.1) is 6.58 Å². The van der Waals surface area contributed by atoms with Crippen LogP contribution in [0, 0.1) is 6.92 Å². The smallest absolute Gasteiger partial charge is 0.329 e. The van der Waals surface area contributed by atoms with E-state index in [-0.39, 0.29) is 29.7 Å². The first-order valence-corrected chi connectivity index (χ1v) is 10.3. The number of nitrogens with one attached hydrogen (secondary N) is 3. The van der Waals surface area contributed by atoms with Crippen molar-refractivity contribution in [3.8, 4) is 11.5 Å². The summed E-state index contributed by atoms with van der Waals surface area (Å²) in [7, 11) is 1.40. The molecule has 0 fully saturated rings. The standard InChI is InChI=1S/C22H22Cl2N4O5/c1-4-7-25-21(30)22(31)28-26-11-14-8-17(24)20(18(9-14)32-3)33-12-19(29)27-15-6-5-13(2)16(23)10-15/h4-6,8-11H,1,7,12H2,2-3H3,(H,25,30)(H,27,29)(H,28,31)/b26-11-. The van der Waals surface area contributed by atoms with Crippen LogP contribution in [0.25, 0.3) is 0 Å². The molecule has 0 aliphatic heterocycles. The number of hydrogen-bond acceptors (Lipinski definition) is 6. The largest absolute Gasteiger partial charge is 0.493 e. The van der Waals surface area contributed by atoms with Crippen LogP contribution in [0.3, 0.4) is 0 Å². The van der Waals surface area contributed by atoms with Crippen LogP contribution in [0.15, 0.2) is 48.1 Å². The van der Waals surface area contributed by atoms with E-state index in [0.29, 0.717) is 16.3 Å². The molecule has 33 heavy (non-hydrogen) atoms. The maximum Gasteiger partial charge on any atom is 0.329 e. The number of methoxy groups -OCH3 is 1. The van der Waals surface area contributed by atoms with Crippen molar-refractivity contribution < 1.29 is 23.9 Å². The number of hydrogen-bond donors (Lipinski definition) is 3. The molecule has 3 amide bonds. The molecule has 0 unspecified atom stereocenters. The zero-order valence-electron chi connectivity index (χ0n) is 17.9. The summed E-state index contributed by atoms with van der Waals surface area (Å²) >= 11 is 12.3. The van der Waals surface area contributed by atoms with Gasteiger partial charge in [-0.3, -0.25) is 14.4 Å². The molecule has 0 saturated carbocycles. The lowest BCUT2D eigenvalue weighted by molar-refractivity contribution is -0.139. The average molecular weight is 493 g/mol. The summed E-state index contributed by atoms with van der Waals surface area (Å²) in [6.07, 6.45) is 2.71. The summed E-state index contributed by atoms with van der Waals surface area (Å²) in [6.45, 7) is 5.12. The summed E-state index contributed by atoms with van der Waals surface area (Å²) in [5, 5.41) is 9.39. The first-order chi connectivity index (χ1) is 15.7. The quantitative estimate of drug-likeness (QED) is 0.215. The molecule has 2 aromatic rings. The van der Waals surface area contributed by atoms with E-state index in [1.165, 1.54) is 31.5 Å². The van der Waals surface area contributed by atoms with Crippen LogP contribution in [0.4, 0.5) is 5.69 Å². The van der Waals surface area contributed by atoms with E-state index < -0.39 is 17.7 Å². The number of amides is 3. The van der Waals surface area contributed by atoms with Gasteiger partial charge in [-0.1, -0.05) is 35.3 Å². The number of benzene rings is 2. The normalized spacial score (nSPS) is 10.4. The van der Waals surface area contributed by atoms with Gasteiger partial charge in [-0.25, -0.2) is 5.43 Å². The Hall–Kier alpha value is -3.56. The van der Waals surface area contributed by atoms with E-state index in [2.05, 4.69) is 27.7 Å².